The monoisotopic (exact) mass is 291 g/mol. The van der Waals surface area contributed by atoms with E-state index in [4.69, 9.17) is 0 Å². The van der Waals surface area contributed by atoms with Crippen molar-refractivity contribution in [3.05, 3.63) is 28.6 Å². The molecule has 0 spiro atoms. The Labute approximate surface area is 98.4 Å². The number of aromatic nitrogens is 3. The van der Waals surface area contributed by atoms with Gasteiger partial charge in [-0.15, -0.1) is 10.2 Å². The minimum Gasteiger partial charge on any atom is -0.314 e. The van der Waals surface area contributed by atoms with Crippen LogP contribution in [0, 0.1) is 0 Å². The van der Waals surface area contributed by atoms with Crippen LogP contribution in [0.1, 0.15) is 12.7 Å². The highest BCUT2D eigenvalue weighted by Gasteiger charge is 2.38. The van der Waals surface area contributed by atoms with Crippen LogP contribution in [-0.4, -0.2) is 21.2 Å². The van der Waals surface area contributed by atoms with Gasteiger partial charge in [-0.1, -0.05) is 0 Å². The number of alkyl halides is 2. The third kappa shape index (κ3) is 1.92. The largest absolute Gasteiger partial charge is 0.418 e. The number of pyridine rings is 1. The molecule has 7 heteroatoms. The second-order valence-electron chi connectivity index (χ2n) is 3.05. The first-order valence-corrected chi connectivity index (χ1v) is 5.36. The van der Waals surface area contributed by atoms with Crippen LogP contribution >= 0.6 is 15.9 Å². The van der Waals surface area contributed by atoms with Gasteiger partial charge in [0.05, 0.1) is 6.61 Å². The Hall–Kier alpha value is -1.08. The number of halogens is 3. The fourth-order valence-electron chi connectivity index (χ4n) is 1.31. The Morgan fingerprint density at radius 2 is 2.19 bits per heavy atom. The fourth-order valence-corrected chi connectivity index (χ4v) is 1.65. The van der Waals surface area contributed by atoms with Gasteiger partial charge in [-0.3, -0.25) is 4.40 Å². The highest BCUT2D eigenvalue weighted by molar-refractivity contribution is 9.10. The SMILES string of the molecule is CCOC(F)(F)c1nnc2ccc(Br)cn12. The van der Waals surface area contributed by atoms with Gasteiger partial charge in [-0.25, -0.2) is 0 Å². The zero-order valence-electron chi connectivity index (χ0n) is 8.32. The summed E-state index contributed by atoms with van der Waals surface area (Å²) >= 11 is 3.19. The second kappa shape index (κ2) is 4.06. The molecule has 0 aliphatic carbocycles. The molecule has 0 amide bonds. The molecule has 0 atom stereocenters. The summed E-state index contributed by atoms with van der Waals surface area (Å²) in [5, 5.41) is 7.08. The van der Waals surface area contributed by atoms with Crippen LogP contribution in [0.4, 0.5) is 8.78 Å². The molecule has 0 aliphatic rings. The van der Waals surface area contributed by atoms with Crippen LogP contribution in [0.3, 0.4) is 0 Å². The molecule has 0 aliphatic heterocycles. The Morgan fingerprint density at radius 1 is 1.44 bits per heavy atom. The topological polar surface area (TPSA) is 39.4 Å². The van der Waals surface area contributed by atoms with E-state index in [1.54, 1.807) is 12.1 Å². The molecule has 0 radical (unpaired) electrons. The normalized spacial score (nSPS) is 12.2. The lowest BCUT2D eigenvalue weighted by atomic mass is 10.4. The Kier molecular flexibility index (Phi) is 2.90. The van der Waals surface area contributed by atoms with E-state index in [1.807, 2.05) is 0 Å². The zero-order valence-corrected chi connectivity index (χ0v) is 9.91. The Balaban J connectivity index is 2.56. The number of ether oxygens (including phenoxy) is 1. The first kappa shape index (κ1) is 11.4. The molecular weight excluding hydrogens is 284 g/mol. The van der Waals surface area contributed by atoms with Gasteiger partial charge in [0, 0.05) is 10.7 Å². The molecule has 86 valence electrons. The van der Waals surface area contributed by atoms with Crippen LogP contribution in [0.15, 0.2) is 22.8 Å². The zero-order chi connectivity index (χ0) is 11.8. The summed E-state index contributed by atoms with van der Waals surface area (Å²) in [5.74, 6) is -0.523. The molecule has 0 N–H and O–H groups in total. The highest BCUT2D eigenvalue weighted by atomic mass is 79.9. The van der Waals surface area contributed by atoms with Crippen LogP contribution < -0.4 is 0 Å². The van der Waals surface area contributed by atoms with Gasteiger partial charge < -0.3 is 4.74 Å². The van der Waals surface area contributed by atoms with E-state index in [2.05, 4.69) is 30.9 Å². The van der Waals surface area contributed by atoms with Crippen LogP contribution in [0.5, 0.6) is 0 Å². The minimum absolute atomic E-state index is 0.101. The summed E-state index contributed by atoms with van der Waals surface area (Å²) in [7, 11) is 0. The molecule has 0 saturated carbocycles. The van der Waals surface area contributed by atoms with Gasteiger partial charge in [-0.05, 0) is 35.0 Å². The molecule has 2 rings (SSSR count). The van der Waals surface area contributed by atoms with Crippen molar-refractivity contribution < 1.29 is 13.5 Å². The maximum Gasteiger partial charge on any atom is 0.418 e. The van der Waals surface area contributed by atoms with E-state index in [0.717, 1.165) is 0 Å². The molecule has 0 bridgehead atoms. The van der Waals surface area contributed by atoms with Gasteiger partial charge >= 0.3 is 6.11 Å². The molecule has 2 heterocycles. The van der Waals surface area contributed by atoms with Crippen molar-refractivity contribution in [3.8, 4) is 0 Å². The lowest BCUT2D eigenvalue weighted by molar-refractivity contribution is -0.251. The molecule has 0 unspecified atom stereocenters. The molecule has 4 nitrogen and oxygen atoms in total. The van der Waals surface area contributed by atoms with Crippen LogP contribution in [0.25, 0.3) is 5.65 Å². The summed E-state index contributed by atoms with van der Waals surface area (Å²) in [4.78, 5) is 0. The van der Waals surface area contributed by atoms with Gasteiger partial charge in [0.25, 0.3) is 0 Å². The van der Waals surface area contributed by atoms with Crippen molar-refractivity contribution in [2.75, 3.05) is 6.61 Å². The molecule has 16 heavy (non-hydrogen) atoms. The van der Waals surface area contributed by atoms with Crippen molar-refractivity contribution in [1.29, 1.82) is 0 Å². The first-order chi connectivity index (χ1) is 7.54. The summed E-state index contributed by atoms with van der Waals surface area (Å²) in [6.45, 7) is 1.39. The van der Waals surface area contributed by atoms with Gasteiger partial charge in [0.1, 0.15) is 0 Å². The van der Waals surface area contributed by atoms with Crippen molar-refractivity contribution >= 4 is 21.6 Å². The third-order valence-electron chi connectivity index (χ3n) is 1.95. The minimum atomic E-state index is -3.44. The van der Waals surface area contributed by atoms with Crippen molar-refractivity contribution in [2.45, 2.75) is 13.0 Å². The van der Waals surface area contributed by atoms with Crippen molar-refractivity contribution in [3.63, 3.8) is 0 Å². The maximum atomic E-state index is 13.5. The standard InChI is InChI=1S/C9H8BrF2N3O/c1-2-16-9(11,12)8-14-13-7-4-3-6(10)5-15(7)8/h3-5H,2H2,1H3. The first-order valence-electron chi connectivity index (χ1n) is 4.57. The van der Waals surface area contributed by atoms with E-state index in [9.17, 15) is 8.78 Å². The quantitative estimate of drug-likeness (QED) is 0.873. The molecule has 0 fully saturated rings. The lowest BCUT2D eigenvalue weighted by Crippen LogP contribution is -2.21. The van der Waals surface area contributed by atoms with E-state index in [0.29, 0.717) is 10.1 Å². The molecule has 2 aromatic heterocycles. The van der Waals surface area contributed by atoms with E-state index >= 15 is 0 Å². The van der Waals surface area contributed by atoms with Crippen LogP contribution in [-0.2, 0) is 10.8 Å². The molecule has 0 saturated heterocycles. The number of hydrogen-bond acceptors (Lipinski definition) is 3. The summed E-state index contributed by atoms with van der Waals surface area (Å²) in [6.07, 6.45) is -1.97. The highest BCUT2D eigenvalue weighted by Crippen LogP contribution is 2.28. The fraction of sp³-hybridized carbons (Fsp3) is 0.333. The average molecular weight is 292 g/mol. The van der Waals surface area contributed by atoms with Crippen molar-refractivity contribution in [2.24, 2.45) is 0 Å². The van der Waals surface area contributed by atoms with Gasteiger partial charge in [0.15, 0.2) is 5.65 Å². The number of rotatable bonds is 3. The molecule has 2 aromatic rings. The predicted molar refractivity (Wildman–Crippen MR) is 56.2 cm³/mol. The van der Waals surface area contributed by atoms with E-state index in [1.165, 1.54) is 17.5 Å². The van der Waals surface area contributed by atoms with E-state index < -0.39 is 11.9 Å². The second-order valence-corrected chi connectivity index (χ2v) is 3.96. The predicted octanol–water partition coefficient (Wildman–Crippen LogP) is 2.58. The average Bonchev–Trinajstić information content (AvgIpc) is 2.60. The lowest BCUT2D eigenvalue weighted by Gasteiger charge is -2.13. The maximum absolute atomic E-state index is 13.5. The number of fused-ring (bicyclic) bond motifs is 1. The molecular formula is C9H8BrF2N3O. The van der Waals surface area contributed by atoms with Crippen molar-refractivity contribution in [1.82, 2.24) is 14.6 Å². The smallest absolute Gasteiger partial charge is 0.314 e. The number of hydrogen-bond donors (Lipinski definition) is 0. The van der Waals surface area contributed by atoms with Crippen LogP contribution in [0.2, 0.25) is 0 Å². The Bertz CT molecular complexity index is 514. The molecule has 0 aromatic carbocycles. The third-order valence-corrected chi connectivity index (χ3v) is 2.42. The Morgan fingerprint density at radius 3 is 2.88 bits per heavy atom. The van der Waals surface area contributed by atoms with Gasteiger partial charge in [0.2, 0.25) is 5.82 Å². The summed E-state index contributed by atoms with van der Waals surface area (Å²) < 4.78 is 33.2. The van der Waals surface area contributed by atoms with Gasteiger partial charge in [-0.2, -0.15) is 8.78 Å². The summed E-state index contributed by atoms with van der Waals surface area (Å²) in [6, 6.07) is 3.29. The summed E-state index contributed by atoms with van der Waals surface area (Å²) in [5.41, 5.74) is 0.345. The number of nitrogens with zero attached hydrogens (tertiary/aromatic N) is 3. The van der Waals surface area contributed by atoms with E-state index in [-0.39, 0.29) is 6.61 Å².